The van der Waals surface area contributed by atoms with Gasteiger partial charge in [-0.2, -0.15) is 4.98 Å². The Bertz CT molecular complexity index is 353. The van der Waals surface area contributed by atoms with Crippen LogP contribution in [0.4, 0.5) is 5.95 Å². The summed E-state index contributed by atoms with van der Waals surface area (Å²) in [5, 5.41) is 4.04. The summed E-state index contributed by atoms with van der Waals surface area (Å²) in [6.45, 7) is 5.93. The van der Waals surface area contributed by atoms with Gasteiger partial charge in [-0.15, -0.1) is 0 Å². The van der Waals surface area contributed by atoms with Gasteiger partial charge >= 0.3 is 0 Å². The smallest absolute Gasteiger partial charge is 0.266 e. The van der Waals surface area contributed by atoms with E-state index in [1.807, 2.05) is 0 Å². The molecule has 1 saturated carbocycles. The van der Waals surface area contributed by atoms with Gasteiger partial charge in [0.1, 0.15) is 0 Å². The molecular formula is C12H22N4O. The lowest BCUT2D eigenvalue weighted by atomic mass is 9.82. The van der Waals surface area contributed by atoms with Crippen molar-refractivity contribution in [1.29, 1.82) is 0 Å². The van der Waals surface area contributed by atoms with Crippen LogP contribution in [0, 0.1) is 0 Å². The van der Waals surface area contributed by atoms with E-state index in [2.05, 4.69) is 28.9 Å². The van der Waals surface area contributed by atoms with E-state index in [9.17, 15) is 0 Å². The second-order valence-electron chi connectivity index (χ2n) is 4.79. The van der Waals surface area contributed by atoms with E-state index in [1.165, 1.54) is 6.42 Å². The summed E-state index contributed by atoms with van der Waals surface area (Å²) < 4.78 is 5.36. The molecule has 5 nitrogen and oxygen atoms in total. The van der Waals surface area contributed by atoms with Crippen LogP contribution in [-0.2, 0) is 5.54 Å². The number of hydrogen-bond acceptors (Lipinski definition) is 5. The van der Waals surface area contributed by atoms with E-state index in [0.717, 1.165) is 38.8 Å². The van der Waals surface area contributed by atoms with Gasteiger partial charge in [-0.05, 0) is 31.8 Å². The molecule has 96 valence electrons. The molecule has 0 spiro atoms. The monoisotopic (exact) mass is 238 g/mol. The molecule has 17 heavy (non-hydrogen) atoms. The number of hydrogen-bond donors (Lipinski definition) is 1. The van der Waals surface area contributed by atoms with Gasteiger partial charge in [0.2, 0.25) is 5.89 Å². The first-order valence-electron chi connectivity index (χ1n) is 6.57. The molecule has 1 heterocycles. The van der Waals surface area contributed by atoms with Crippen LogP contribution >= 0.6 is 0 Å². The van der Waals surface area contributed by atoms with E-state index < -0.39 is 5.54 Å². The molecule has 2 rings (SSSR count). The molecule has 0 saturated heterocycles. The average molecular weight is 238 g/mol. The molecule has 5 heteroatoms. The maximum Gasteiger partial charge on any atom is 0.266 e. The van der Waals surface area contributed by atoms with Crippen molar-refractivity contribution in [3.63, 3.8) is 0 Å². The van der Waals surface area contributed by atoms with Crippen LogP contribution in [0.3, 0.4) is 0 Å². The molecule has 1 aromatic rings. The Balaban J connectivity index is 2.16. The summed E-state index contributed by atoms with van der Waals surface area (Å²) in [5.74, 6) is 1.28. The zero-order valence-electron chi connectivity index (χ0n) is 10.8. The highest BCUT2D eigenvalue weighted by molar-refractivity contribution is 5.27. The van der Waals surface area contributed by atoms with Crippen LogP contribution in [-0.4, -0.2) is 23.2 Å². The Kier molecular flexibility index (Phi) is 3.66. The van der Waals surface area contributed by atoms with Crippen molar-refractivity contribution in [2.75, 3.05) is 18.0 Å². The molecule has 0 atom stereocenters. The summed E-state index contributed by atoms with van der Waals surface area (Å²) >= 11 is 0. The fourth-order valence-corrected chi connectivity index (χ4v) is 2.45. The molecule has 0 radical (unpaired) electrons. The minimum Gasteiger partial charge on any atom is -0.339 e. The Labute approximate surface area is 102 Å². The van der Waals surface area contributed by atoms with Crippen molar-refractivity contribution in [1.82, 2.24) is 10.1 Å². The number of nitrogens with zero attached hydrogens (tertiary/aromatic N) is 3. The molecule has 0 unspecified atom stereocenters. The van der Waals surface area contributed by atoms with Crippen LogP contribution in [0.15, 0.2) is 4.52 Å². The van der Waals surface area contributed by atoms with Gasteiger partial charge in [0, 0.05) is 13.1 Å². The Morgan fingerprint density at radius 2 is 1.88 bits per heavy atom. The molecule has 1 fully saturated rings. The minimum atomic E-state index is -0.392. The predicted molar refractivity (Wildman–Crippen MR) is 66.8 cm³/mol. The van der Waals surface area contributed by atoms with Crippen molar-refractivity contribution >= 4 is 5.95 Å². The lowest BCUT2D eigenvalue weighted by Crippen LogP contribution is -2.39. The van der Waals surface area contributed by atoms with Crippen LogP contribution in [0.1, 0.15) is 51.8 Å². The van der Waals surface area contributed by atoms with E-state index in [1.54, 1.807) is 0 Å². The van der Waals surface area contributed by atoms with Crippen LogP contribution in [0.5, 0.6) is 0 Å². The topological polar surface area (TPSA) is 68.2 Å². The first-order chi connectivity index (χ1) is 8.19. The highest BCUT2D eigenvalue weighted by Gasteiger charge is 2.35. The van der Waals surface area contributed by atoms with Gasteiger partial charge in [-0.1, -0.05) is 19.3 Å². The largest absolute Gasteiger partial charge is 0.339 e. The second kappa shape index (κ2) is 5.04. The highest BCUT2D eigenvalue weighted by Crippen LogP contribution is 2.34. The second-order valence-corrected chi connectivity index (χ2v) is 4.79. The van der Waals surface area contributed by atoms with Crippen molar-refractivity contribution in [2.24, 2.45) is 5.73 Å². The lowest BCUT2D eigenvalue weighted by molar-refractivity contribution is 0.220. The molecule has 1 aromatic heterocycles. The number of nitrogens with two attached hydrogens (primary N) is 1. The van der Waals surface area contributed by atoms with Crippen LogP contribution in [0.2, 0.25) is 0 Å². The van der Waals surface area contributed by atoms with E-state index in [4.69, 9.17) is 10.3 Å². The first-order valence-corrected chi connectivity index (χ1v) is 6.57. The van der Waals surface area contributed by atoms with Crippen molar-refractivity contribution in [2.45, 2.75) is 51.5 Å². The average Bonchev–Trinajstić information content (AvgIpc) is 2.82. The Morgan fingerprint density at radius 1 is 1.24 bits per heavy atom. The first kappa shape index (κ1) is 12.4. The van der Waals surface area contributed by atoms with E-state index in [0.29, 0.717) is 11.8 Å². The van der Waals surface area contributed by atoms with Crippen molar-refractivity contribution in [3.05, 3.63) is 5.89 Å². The standard InChI is InChI=1S/C12H22N4O/c1-3-16(4-2)11-14-10(17-15-11)12(13)8-6-5-7-9-12/h3-9,13H2,1-2H3. The van der Waals surface area contributed by atoms with Crippen LogP contribution < -0.4 is 10.6 Å². The number of anilines is 1. The third kappa shape index (κ3) is 2.44. The molecule has 2 N–H and O–H groups in total. The quantitative estimate of drug-likeness (QED) is 0.869. The summed E-state index contributed by atoms with van der Waals surface area (Å²) in [4.78, 5) is 6.54. The number of rotatable bonds is 4. The van der Waals surface area contributed by atoms with Gasteiger partial charge in [0.05, 0.1) is 5.54 Å². The van der Waals surface area contributed by atoms with E-state index >= 15 is 0 Å². The summed E-state index contributed by atoms with van der Waals surface area (Å²) in [7, 11) is 0. The maximum atomic E-state index is 6.36. The molecule has 0 aromatic carbocycles. The van der Waals surface area contributed by atoms with Gasteiger partial charge in [0.25, 0.3) is 5.95 Å². The lowest BCUT2D eigenvalue weighted by Gasteiger charge is -2.29. The molecule has 0 aliphatic heterocycles. The van der Waals surface area contributed by atoms with Gasteiger partial charge in [-0.3, -0.25) is 0 Å². The van der Waals surface area contributed by atoms with E-state index in [-0.39, 0.29) is 0 Å². The van der Waals surface area contributed by atoms with Gasteiger partial charge in [-0.25, -0.2) is 0 Å². The fourth-order valence-electron chi connectivity index (χ4n) is 2.45. The van der Waals surface area contributed by atoms with Crippen molar-refractivity contribution < 1.29 is 4.52 Å². The Morgan fingerprint density at radius 3 is 2.47 bits per heavy atom. The molecule has 0 amide bonds. The Hall–Kier alpha value is -1.10. The van der Waals surface area contributed by atoms with Gasteiger partial charge in [0.15, 0.2) is 0 Å². The number of aromatic nitrogens is 2. The van der Waals surface area contributed by atoms with Crippen molar-refractivity contribution in [3.8, 4) is 0 Å². The summed E-state index contributed by atoms with van der Waals surface area (Å²) in [6.07, 6.45) is 5.47. The molecule has 1 aliphatic carbocycles. The molecular weight excluding hydrogens is 216 g/mol. The normalized spacial score (nSPS) is 19.2. The summed E-state index contributed by atoms with van der Waals surface area (Å²) in [6, 6.07) is 0. The third-order valence-corrected chi connectivity index (χ3v) is 3.63. The zero-order chi connectivity index (χ0) is 12.3. The van der Waals surface area contributed by atoms with Gasteiger partial charge < -0.3 is 15.2 Å². The maximum absolute atomic E-state index is 6.36. The minimum absolute atomic E-state index is 0.392. The van der Waals surface area contributed by atoms with Crippen LogP contribution in [0.25, 0.3) is 0 Å². The zero-order valence-corrected chi connectivity index (χ0v) is 10.8. The molecule has 0 bridgehead atoms. The highest BCUT2D eigenvalue weighted by atomic mass is 16.5. The third-order valence-electron chi connectivity index (χ3n) is 3.63. The predicted octanol–water partition coefficient (Wildman–Crippen LogP) is 2.03. The molecule has 1 aliphatic rings. The fraction of sp³-hybridized carbons (Fsp3) is 0.833. The SMILES string of the molecule is CCN(CC)c1noc(C2(N)CCCCC2)n1. The summed E-state index contributed by atoms with van der Waals surface area (Å²) in [5.41, 5.74) is 5.97.